The highest BCUT2D eigenvalue weighted by molar-refractivity contribution is 8.22. The Balaban J connectivity index is 1.64. The highest BCUT2D eigenvalue weighted by Crippen LogP contribution is 2.55. The molecule has 0 heterocycles. The number of benzene rings is 3. The van der Waals surface area contributed by atoms with E-state index in [0.717, 1.165) is 0 Å². The molecule has 2 heteroatoms. The first-order chi connectivity index (χ1) is 12.8. The van der Waals surface area contributed by atoms with Crippen LogP contribution < -0.4 is 10.6 Å². The van der Waals surface area contributed by atoms with Crippen molar-refractivity contribution in [3.63, 3.8) is 0 Å². The highest BCUT2D eigenvalue weighted by Gasteiger charge is 2.35. The van der Waals surface area contributed by atoms with Crippen LogP contribution in [0.25, 0.3) is 0 Å². The molecule has 1 saturated carbocycles. The van der Waals surface area contributed by atoms with Crippen molar-refractivity contribution in [1.29, 1.82) is 0 Å². The highest BCUT2D eigenvalue weighted by atomic mass is 32.4. The quantitative estimate of drug-likeness (QED) is 0.515. The molecule has 0 saturated heterocycles. The van der Waals surface area contributed by atoms with Crippen LogP contribution in [0.5, 0.6) is 0 Å². The van der Waals surface area contributed by atoms with E-state index in [4.69, 9.17) is 11.8 Å². The van der Waals surface area contributed by atoms with Gasteiger partial charge in [0.15, 0.2) is 0 Å². The Kier molecular flexibility index (Phi) is 5.38. The summed E-state index contributed by atoms with van der Waals surface area (Å²) < 4.78 is 0. The van der Waals surface area contributed by atoms with Crippen molar-refractivity contribution < 1.29 is 0 Å². The summed E-state index contributed by atoms with van der Waals surface area (Å²) in [5, 5.41) is 2.76. The lowest BCUT2D eigenvalue weighted by molar-refractivity contribution is 0.450. The van der Waals surface area contributed by atoms with Crippen LogP contribution in [-0.2, 0) is 11.8 Å². The molecule has 0 nitrogen and oxygen atoms in total. The zero-order valence-corrected chi connectivity index (χ0v) is 16.7. The third kappa shape index (κ3) is 3.43. The van der Waals surface area contributed by atoms with Gasteiger partial charge in [-0.2, -0.15) is 0 Å². The van der Waals surface area contributed by atoms with E-state index in [-0.39, 0.29) is 0 Å². The van der Waals surface area contributed by atoms with Crippen molar-refractivity contribution in [3.8, 4) is 0 Å². The molecule has 132 valence electrons. The van der Waals surface area contributed by atoms with E-state index in [1.807, 2.05) is 0 Å². The lowest BCUT2D eigenvalue weighted by Gasteiger charge is -2.37. The molecule has 1 aliphatic carbocycles. The second-order valence-electron chi connectivity index (χ2n) is 7.25. The summed E-state index contributed by atoms with van der Waals surface area (Å²) in [7, 11) is 0. The molecule has 0 spiro atoms. The Morgan fingerprint density at radius 3 is 1.46 bits per heavy atom. The van der Waals surface area contributed by atoms with Crippen molar-refractivity contribution in [2.75, 3.05) is 0 Å². The van der Waals surface area contributed by atoms with Crippen molar-refractivity contribution >= 4 is 28.5 Å². The van der Waals surface area contributed by atoms with Crippen molar-refractivity contribution in [3.05, 3.63) is 96.6 Å². The number of hydrogen-bond acceptors (Lipinski definition) is 1. The summed E-state index contributed by atoms with van der Waals surface area (Å²) in [5.74, 6) is 0.697. The van der Waals surface area contributed by atoms with E-state index < -0.39 is 6.04 Å². The normalized spacial score (nSPS) is 20.6. The zero-order valence-electron chi connectivity index (χ0n) is 15.0. The van der Waals surface area contributed by atoms with Gasteiger partial charge in [-0.25, -0.2) is 0 Å². The Labute approximate surface area is 162 Å². The maximum Gasteiger partial charge on any atom is 0.0135 e. The molecule has 0 N–H and O–H groups in total. The Morgan fingerprint density at radius 1 is 0.577 bits per heavy atom. The van der Waals surface area contributed by atoms with Crippen LogP contribution in [0.3, 0.4) is 0 Å². The summed E-state index contributed by atoms with van der Waals surface area (Å²) in [6, 6.07) is 31.1. The van der Waals surface area contributed by atoms with Crippen molar-refractivity contribution in [1.82, 2.24) is 0 Å². The molecular formula is C24H25PS. The summed E-state index contributed by atoms with van der Waals surface area (Å²) in [5.41, 5.74) is 2.11. The van der Waals surface area contributed by atoms with Gasteiger partial charge in [0.1, 0.15) is 0 Å². The molecule has 0 aliphatic heterocycles. The zero-order chi connectivity index (χ0) is 17.8. The molecule has 0 aromatic heterocycles. The molecule has 0 unspecified atom stereocenters. The smallest absolute Gasteiger partial charge is 0.0135 e. The molecule has 0 atom stereocenters. The van der Waals surface area contributed by atoms with E-state index >= 15 is 0 Å². The first-order valence-electron chi connectivity index (χ1n) is 9.54. The predicted molar refractivity (Wildman–Crippen MR) is 118 cm³/mol. The molecule has 26 heavy (non-hydrogen) atoms. The minimum absolute atomic E-state index is 0.613. The first-order valence-corrected chi connectivity index (χ1v) is 12.4. The second-order valence-corrected chi connectivity index (χ2v) is 12.1. The Hall–Kier alpha value is -1.69. The summed E-state index contributed by atoms with van der Waals surface area (Å²) in [6.07, 6.45) is 4.99. The summed E-state index contributed by atoms with van der Waals surface area (Å²) in [4.78, 5) is 0. The van der Waals surface area contributed by atoms with E-state index in [0.29, 0.717) is 11.6 Å². The van der Waals surface area contributed by atoms with Gasteiger partial charge in [-0.05, 0) is 53.4 Å². The first kappa shape index (κ1) is 17.7. The van der Waals surface area contributed by atoms with Gasteiger partial charge in [0, 0.05) is 6.04 Å². The lowest BCUT2D eigenvalue weighted by atomic mass is 9.84. The van der Waals surface area contributed by atoms with Crippen LogP contribution in [-0.4, -0.2) is 5.66 Å². The van der Waals surface area contributed by atoms with E-state index in [1.165, 1.54) is 41.9 Å². The molecule has 1 fully saturated rings. The SMILES string of the molecule is S=P(c1ccccc1)(c1ccccc1)C1CCC(c2ccccc2)CC1. The fourth-order valence-electron chi connectivity index (χ4n) is 4.37. The van der Waals surface area contributed by atoms with E-state index in [2.05, 4.69) is 91.0 Å². The van der Waals surface area contributed by atoms with Crippen LogP contribution in [0.1, 0.15) is 37.2 Å². The summed E-state index contributed by atoms with van der Waals surface area (Å²) in [6.45, 7) is 0. The fraction of sp³-hybridized carbons (Fsp3) is 0.250. The van der Waals surface area contributed by atoms with Crippen molar-refractivity contribution in [2.24, 2.45) is 0 Å². The van der Waals surface area contributed by atoms with Gasteiger partial charge in [0.05, 0.1) is 0 Å². The molecule has 1 aliphatic rings. The maximum absolute atomic E-state index is 6.52. The Bertz CT molecular complexity index is 822. The average molecular weight is 377 g/mol. The minimum atomic E-state index is -1.78. The van der Waals surface area contributed by atoms with Gasteiger partial charge >= 0.3 is 0 Å². The number of rotatable bonds is 4. The van der Waals surface area contributed by atoms with Crippen LogP contribution in [0, 0.1) is 0 Å². The molecule has 3 aromatic rings. The Morgan fingerprint density at radius 2 is 1.00 bits per heavy atom. The maximum atomic E-state index is 6.52. The van der Waals surface area contributed by atoms with Crippen LogP contribution >= 0.6 is 6.04 Å². The van der Waals surface area contributed by atoms with E-state index in [1.54, 1.807) is 0 Å². The monoisotopic (exact) mass is 376 g/mol. The largest absolute Gasteiger partial charge is 0.0873 e. The van der Waals surface area contributed by atoms with Crippen LogP contribution in [0.4, 0.5) is 0 Å². The fourth-order valence-corrected chi connectivity index (χ4v) is 9.13. The van der Waals surface area contributed by atoms with E-state index in [9.17, 15) is 0 Å². The summed E-state index contributed by atoms with van der Waals surface area (Å²) >= 11 is 6.52. The third-order valence-corrected chi connectivity index (χ3v) is 11.6. The van der Waals surface area contributed by atoms with Gasteiger partial charge in [-0.1, -0.05) is 103 Å². The second kappa shape index (κ2) is 7.91. The van der Waals surface area contributed by atoms with Gasteiger partial charge in [-0.15, -0.1) is 0 Å². The van der Waals surface area contributed by atoms with Gasteiger partial charge in [0.25, 0.3) is 0 Å². The van der Waals surface area contributed by atoms with Crippen LogP contribution in [0.15, 0.2) is 91.0 Å². The van der Waals surface area contributed by atoms with Gasteiger partial charge in [0.2, 0.25) is 0 Å². The topological polar surface area (TPSA) is 0 Å². The third-order valence-electron chi connectivity index (χ3n) is 5.76. The molecule has 0 bridgehead atoms. The molecule has 3 aromatic carbocycles. The molecular weight excluding hydrogens is 351 g/mol. The minimum Gasteiger partial charge on any atom is -0.0873 e. The standard InChI is InChI=1S/C24H25PS/c26-25(22-12-6-2-7-13-22,23-14-8-3-9-15-23)24-18-16-21(17-19-24)20-10-4-1-5-11-20/h1-15,21,24H,16-19H2. The molecule has 0 amide bonds. The van der Waals surface area contributed by atoms with Gasteiger partial charge in [-0.3, -0.25) is 0 Å². The average Bonchev–Trinajstić information content (AvgIpc) is 2.75. The number of hydrogen-bond donors (Lipinski definition) is 0. The van der Waals surface area contributed by atoms with Crippen molar-refractivity contribution in [2.45, 2.75) is 37.3 Å². The lowest BCUT2D eigenvalue weighted by Crippen LogP contribution is -2.28. The predicted octanol–water partition coefficient (Wildman–Crippen LogP) is 5.84. The molecule has 4 rings (SSSR count). The van der Waals surface area contributed by atoms with Gasteiger partial charge < -0.3 is 0 Å². The van der Waals surface area contributed by atoms with Crippen LogP contribution in [0.2, 0.25) is 0 Å². The molecule has 0 radical (unpaired) electrons.